The summed E-state index contributed by atoms with van der Waals surface area (Å²) in [5, 5.41) is 9.09. The van der Waals surface area contributed by atoms with Crippen LogP contribution >= 0.6 is 0 Å². The topological polar surface area (TPSA) is 101 Å². The molecule has 138 valence electrons. The molecule has 1 aromatic carbocycles. The van der Waals surface area contributed by atoms with Crippen molar-refractivity contribution in [3.05, 3.63) is 24.3 Å². The number of amides is 1. The first-order valence-electron chi connectivity index (χ1n) is 8.24. The molecule has 1 aliphatic rings. The summed E-state index contributed by atoms with van der Waals surface area (Å²) in [7, 11) is -3.22. The predicted octanol–water partition coefficient (Wildman–Crippen LogP) is 1.71. The summed E-state index contributed by atoms with van der Waals surface area (Å²) >= 11 is 0. The number of likely N-dealkylation sites (tertiary alicyclic amines) is 1. The van der Waals surface area contributed by atoms with Gasteiger partial charge in [-0.05, 0) is 49.9 Å². The van der Waals surface area contributed by atoms with E-state index in [0.717, 1.165) is 12.7 Å². The molecule has 1 saturated heterocycles. The molecule has 1 atom stereocenters. The second-order valence-electron chi connectivity index (χ2n) is 6.13. The van der Waals surface area contributed by atoms with Gasteiger partial charge in [0.15, 0.2) is 9.84 Å². The maximum Gasteiger partial charge on any atom is 0.326 e. The van der Waals surface area contributed by atoms with Crippen LogP contribution in [0.15, 0.2) is 29.2 Å². The fraction of sp³-hybridized carbons (Fsp3) is 0.529. The Labute approximate surface area is 147 Å². The zero-order chi connectivity index (χ0) is 18.4. The van der Waals surface area contributed by atoms with Crippen LogP contribution in [0.1, 0.15) is 32.1 Å². The minimum atomic E-state index is -3.22. The van der Waals surface area contributed by atoms with Gasteiger partial charge in [-0.2, -0.15) is 0 Å². The van der Waals surface area contributed by atoms with Crippen LogP contribution < -0.4 is 4.74 Å². The molecule has 0 bridgehead atoms. The van der Waals surface area contributed by atoms with Crippen LogP contribution in [0.3, 0.4) is 0 Å². The van der Waals surface area contributed by atoms with Gasteiger partial charge in [-0.15, -0.1) is 0 Å². The van der Waals surface area contributed by atoms with E-state index in [1.165, 1.54) is 17.0 Å². The largest absolute Gasteiger partial charge is 0.494 e. The van der Waals surface area contributed by atoms with E-state index in [9.17, 15) is 18.0 Å². The minimum absolute atomic E-state index is 0.123. The number of unbranched alkanes of at least 4 members (excludes halogenated alkanes) is 1. The molecule has 0 radical (unpaired) electrons. The maximum absolute atomic E-state index is 12.1. The third-order valence-electron chi connectivity index (χ3n) is 4.16. The number of nitrogens with zero attached hydrogens (tertiary/aromatic N) is 1. The van der Waals surface area contributed by atoms with E-state index in [-0.39, 0.29) is 10.8 Å². The first kappa shape index (κ1) is 19.2. The Kier molecular flexibility index (Phi) is 6.41. The maximum atomic E-state index is 12.1. The first-order valence-corrected chi connectivity index (χ1v) is 10.1. The monoisotopic (exact) mass is 369 g/mol. The molecule has 1 heterocycles. The van der Waals surface area contributed by atoms with E-state index < -0.39 is 21.8 Å². The average molecular weight is 369 g/mol. The molecule has 0 aliphatic carbocycles. The first-order chi connectivity index (χ1) is 11.8. The van der Waals surface area contributed by atoms with Crippen LogP contribution in [0.5, 0.6) is 5.75 Å². The van der Waals surface area contributed by atoms with E-state index in [1.54, 1.807) is 12.1 Å². The molecule has 1 fully saturated rings. The van der Waals surface area contributed by atoms with Crippen LogP contribution in [0.4, 0.5) is 0 Å². The Bertz CT molecular complexity index is 713. The van der Waals surface area contributed by atoms with Crippen molar-refractivity contribution in [1.82, 2.24) is 4.90 Å². The summed E-state index contributed by atoms with van der Waals surface area (Å²) in [6, 6.07) is 5.50. The molecule has 8 heteroatoms. The number of hydrogen-bond acceptors (Lipinski definition) is 5. The van der Waals surface area contributed by atoms with E-state index in [2.05, 4.69) is 0 Å². The number of hydrogen-bond donors (Lipinski definition) is 1. The highest BCUT2D eigenvalue weighted by Gasteiger charge is 2.33. The lowest BCUT2D eigenvalue weighted by Crippen LogP contribution is -2.40. The molecule has 1 N–H and O–H groups in total. The molecule has 0 saturated carbocycles. The molecule has 0 unspecified atom stereocenters. The van der Waals surface area contributed by atoms with Gasteiger partial charge in [-0.1, -0.05) is 0 Å². The predicted molar refractivity (Wildman–Crippen MR) is 91.3 cm³/mol. The molecule has 1 aliphatic heterocycles. The van der Waals surface area contributed by atoms with Crippen molar-refractivity contribution in [3.8, 4) is 5.75 Å². The number of ether oxygens (including phenoxy) is 1. The highest BCUT2D eigenvalue weighted by atomic mass is 32.2. The van der Waals surface area contributed by atoms with Crippen molar-refractivity contribution in [2.45, 2.75) is 43.0 Å². The molecular weight excluding hydrogens is 346 g/mol. The molecule has 0 aromatic heterocycles. The summed E-state index contributed by atoms with van der Waals surface area (Å²) in [6.45, 7) is 0.923. The summed E-state index contributed by atoms with van der Waals surface area (Å²) < 4.78 is 28.3. The zero-order valence-corrected chi connectivity index (χ0v) is 15.0. The number of benzene rings is 1. The fourth-order valence-electron chi connectivity index (χ4n) is 2.82. The lowest BCUT2D eigenvalue weighted by Gasteiger charge is -2.21. The van der Waals surface area contributed by atoms with E-state index in [0.29, 0.717) is 44.6 Å². The quantitative estimate of drug-likeness (QED) is 0.700. The number of carbonyl (C=O) groups is 2. The lowest BCUT2D eigenvalue weighted by molar-refractivity contribution is -0.148. The highest BCUT2D eigenvalue weighted by Crippen LogP contribution is 2.19. The van der Waals surface area contributed by atoms with Crippen LogP contribution in [0.25, 0.3) is 0 Å². The van der Waals surface area contributed by atoms with Crippen LogP contribution in [0.2, 0.25) is 0 Å². The van der Waals surface area contributed by atoms with Crippen LogP contribution in [0, 0.1) is 0 Å². The summed E-state index contributed by atoms with van der Waals surface area (Å²) in [6.07, 6.45) is 3.98. The number of aliphatic carboxylic acids is 1. The Morgan fingerprint density at radius 1 is 1.24 bits per heavy atom. The third-order valence-corrected chi connectivity index (χ3v) is 5.29. The number of carboxylic acid groups (broad SMARTS) is 1. The average Bonchev–Trinajstić information content (AvgIpc) is 3.04. The van der Waals surface area contributed by atoms with E-state index >= 15 is 0 Å². The van der Waals surface area contributed by atoms with Gasteiger partial charge in [0.1, 0.15) is 11.8 Å². The van der Waals surface area contributed by atoms with Gasteiger partial charge in [0.2, 0.25) is 5.91 Å². The van der Waals surface area contributed by atoms with E-state index in [1.807, 2.05) is 0 Å². The van der Waals surface area contributed by atoms with Gasteiger partial charge in [0.25, 0.3) is 0 Å². The minimum Gasteiger partial charge on any atom is -0.494 e. The zero-order valence-electron chi connectivity index (χ0n) is 14.2. The highest BCUT2D eigenvalue weighted by molar-refractivity contribution is 7.90. The number of sulfone groups is 1. The number of carboxylic acids is 1. The fourth-order valence-corrected chi connectivity index (χ4v) is 3.45. The van der Waals surface area contributed by atoms with Crippen LogP contribution in [-0.4, -0.2) is 55.7 Å². The molecule has 1 aromatic rings. The van der Waals surface area contributed by atoms with Gasteiger partial charge >= 0.3 is 5.97 Å². The molecule has 25 heavy (non-hydrogen) atoms. The summed E-state index contributed by atoms with van der Waals surface area (Å²) in [5.74, 6) is -0.488. The Morgan fingerprint density at radius 2 is 1.92 bits per heavy atom. The summed E-state index contributed by atoms with van der Waals surface area (Å²) in [4.78, 5) is 24.9. The standard InChI is InChI=1S/C17H23NO6S/c1-25(22,23)14-9-7-13(8-10-14)24-12-3-2-6-16(19)18-11-4-5-15(18)17(20)21/h7-10,15H,2-6,11-12H2,1H3,(H,20,21)/t15-/m0/s1. The van der Waals surface area contributed by atoms with Gasteiger partial charge in [-0.25, -0.2) is 13.2 Å². The Hall–Kier alpha value is -2.09. The van der Waals surface area contributed by atoms with Crippen molar-refractivity contribution >= 4 is 21.7 Å². The van der Waals surface area contributed by atoms with Crippen LogP contribution in [-0.2, 0) is 19.4 Å². The number of rotatable bonds is 8. The van der Waals surface area contributed by atoms with Crippen molar-refractivity contribution < 1.29 is 27.9 Å². The Morgan fingerprint density at radius 3 is 2.52 bits per heavy atom. The van der Waals surface area contributed by atoms with Gasteiger partial charge in [0.05, 0.1) is 11.5 Å². The molecule has 1 amide bonds. The van der Waals surface area contributed by atoms with Crippen molar-refractivity contribution in [2.75, 3.05) is 19.4 Å². The van der Waals surface area contributed by atoms with Gasteiger partial charge < -0.3 is 14.7 Å². The third kappa shape index (κ3) is 5.45. The second kappa shape index (κ2) is 8.33. The molecule has 7 nitrogen and oxygen atoms in total. The van der Waals surface area contributed by atoms with Gasteiger partial charge in [-0.3, -0.25) is 4.79 Å². The number of carbonyl (C=O) groups excluding carboxylic acids is 1. The molecule has 0 spiro atoms. The summed E-state index contributed by atoms with van der Waals surface area (Å²) in [5.41, 5.74) is 0. The Balaban J connectivity index is 1.69. The second-order valence-corrected chi connectivity index (χ2v) is 8.15. The van der Waals surface area contributed by atoms with Crippen molar-refractivity contribution in [1.29, 1.82) is 0 Å². The smallest absolute Gasteiger partial charge is 0.326 e. The SMILES string of the molecule is CS(=O)(=O)c1ccc(OCCCCC(=O)N2CCC[C@H]2C(=O)O)cc1. The molecule has 2 rings (SSSR count). The van der Waals surface area contributed by atoms with Gasteiger partial charge in [0, 0.05) is 19.2 Å². The lowest BCUT2D eigenvalue weighted by atomic mass is 10.2. The normalized spacial score (nSPS) is 17.5. The van der Waals surface area contributed by atoms with E-state index in [4.69, 9.17) is 9.84 Å². The molecular formula is C17H23NO6S. The van der Waals surface area contributed by atoms with Crippen molar-refractivity contribution in [3.63, 3.8) is 0 Å². The van der Waals surface area contributed by atoms with Crippen molar-refractivity contribution in [2.24, 2.45) is 0 Å².